The third-order valence-corrected chi connectivity index (χ3v) is 3.61. The highest BCUT2D eigenvalue weighted by Crippen LogP contribution is 2.30. The summed E-state index contributed by atoms with van der Waals surface area (Å²) >= 11 is 0. The summed E-state index contributed by atoms with van der Waals surface area (Å²) in [5.74, 6) is 1.47. The highest BCUT2D eigenvalue weighted by Gasteiger charge is 2.19. The maximum Gasteiger partial charge on any atom is 0.137 e. The number of fused-ring (bicyclic) bond motifs is 1. The summed E-state index contributed by atoms with van der Waals surface area (Å²) in [7, 11) is 0. The molecule has 86 valence electrons. The van der Waals surface area contributed by atoms with Crippen molar-refractivity contribution in [1.29, 1.82) is 0 Å². The average molecular weight is 216 g/mol. The molecular formula is C15H20O. The maximum absolute atomic E-state index is 11.7. The van der Waals surface area contributed by atoms with Gasteiger partial charge >= 0.3 is 0 Å². The van der Waals surface area contributed by atoms with E-state index in [2.05, 4.69) is 39.0 Å². The van der Waals surface area contributed by atoms with Gasteiger partial charge in [-0.1, -0.05) is 39.0 Å². The van der Waals surface area contributed by atoms with Crippen molar-refractivity contribution in [2.24, 2.45) is 0 Å². The average Bonchev–Trinajstić information content (AvgIpc) is 2.38. The van der Waals surface area contributed by atoms with Crippen LogP contribution in [0.25, 0.3) is 0 Å². The molecule has 0 saturated heterocycles. The minimum atomic E-state index is 0.395. The topological polar surface area (TPSA) is 17.1 Å². The Labute approximate surface area is 97.9 Å². The van der Waals surface area contributed by atoms with Gasteiger partial charge in [-0.15, -0.1) is 0 Å². The van der Waals surface area contributed by atoms with Gasteiger partial charge in [-0.2, -0.15) is 0 Å². The lowest BCUT2D eigenvalue weighted by Gasteiger charge is -2.14. The molecule has 1 aliphatic rings. The van der Waals surface area contributed by atoms with E-state index < -0.39 is 0 Å². The lowest BCUT2D eigenvalue weighted by molar-refractivity contribution is -0.118. The molecule has 1 aliphatic carbocycles. The fraction of sp³-hybridized carbons (Fsp3) is 0.533. The van der Waals surface area contributed by atoms with Gasteiger partial charge in [-0.3, -0.25) is 4.79 Å². The molecule has 0 amide bonds. The van der Waals surface area contributed by atoms with Crippen LogP contribution < -0.4 is 0 Å². The first-order chi connectivity index (χ1) is 7.58. The van der Waals surface area contributed by atoms with Crippen LogP contribution in [-0.4, -0.2) is 5.78 Å². The molecule has 1 nitrogen and oxygen atoms in total. The second-order valence-corrected chi connectivity index (χ2v) is 5.27. The Morgan fingerprint density at radius 2 is 2.06 bits per heavy atom. The summed E-state index contributed by atoms with van der Waals surface area (Å²) in [5.41, 5.74) is 4.00. The molecule has 0 saturated carbocycles. The summed E-state index contributed by atoms with van der Waals surface area (Å²) in [6.07, 6.45) is 2.39. The Balaban J connectivity index is 2.43. The number of ketones is 1. The lowest BCUT2D eigenvalue weighted by Crippen LogP contribution is -2.01. The summed E-state index contributed by atoms with van der Waals surface area (Å²) in [5, 5.41) is 0. The maximum atomic E-state index is 11.7. The van der Waals surface area contributed by atoms with Crippen LogP contribution in [0.4, 0.5) is 0 Å². The molecule has 0 aromatic heterocycles. The highest BCUT2D eigenvalue weighted by atomic mass is 16.1. The smallest absolute Gasteiger partial charge is 0.137 e. The van der Waals surface area contributed by atoms with Crippen molar-refractivity contribution < 1.29 is 4.79 Å². The SMILES string of the molecule is CC(C)c1ccc2c(c1)CC(=O)CCC2C. The van der Waals surface area contributed by atoms with Crippen molar-refractivity contribution >= 4 is 5.78 Å². The number of carbonyl (C=O) groups excluding carboxylic acids is 1. The molecule has 0 radical (unpaired) electrons. The van der Waals surface area contributed by atoms with E-state index >= 15 is 0 Å². The van der Waals surface area contributed by atoms with E-state index in [1.54, 1.807) is 0 Å². The molecular weight excluding hydrogens is 196 g/mol. The number of benzene rings is 1. The first-order valence-electron chi connectivity index (χ1n) is 6.22. The largest absolute Gasteiger partial charge is 0.299 e. The second kappa shape index (κ2) is 4.40. The predicted octanol–water partition coefficient (Wildman–Crippen LogP) is 3.82. The molecule has 0 N–H and O–H groups in total. The zero-order valence-electron chi connectivity index (χ0n) is 10.4. The molecule has 0 aliphatic heterocycles. The monoisotopic (exact) mass is 216 g/mol. The van der Waals surface area contributed by atoms with E-state index in [9.17, 15) is 4.79 Å². The number of hydrogen-bond acceptors (Lipinski definition) is 1. The van der Waals surface area contributed by atoms with Crippen LogP contribution in [0.3, 0.4) is 0 Å². The molecule has 16 heavy (non-hydrogen) atoms. The second-order valence-electron chi connectivity index (χ2n) is 5.27. The summed E-state index contributed by atoms with van der Waals surface area (Å²) < 4.78 is 0. The normalized spacial score (nSPS) is 20.8. The van der Waals surface area contributed by atoms with E-state index in [4.69, 9.17) is 0 Å². The van der Waals surface area contributed by atoms with Gasteiger partial charge in [0, 0.05) is 12.8 Å². The fourth-order valence-electron chi connectivity index (χ4n) is 2.45. The zero-order chi connectivity index (χ0) is 11.7. The first-order valence-corrected chi connectivity index (χ1v) is 6.22. The molecule has 1 unspecified atom stereocenters. The lowest BCUT2D eigenvalue weighted by atomic mass is 9.90. The standard InChI is InChI=1S/C15H20O/c1-10(2)12-5-7-15-11(3)4-6-14(16)9-13(15)8-12/h5,7-8,10-11H,4,6,9H2,1-3H3. The molecule has 2 rings (SSSR count). The van der Waals surface area contributed by atoms with Crippen LogP contribution in [0.15, 0.2) is 18.2 Å². The first kappa shape index (κ1) is 11.4. The molecule has 1 heteroatoms. The third kappa shape index (κ3) is 2.18. The van der Waals surface area contributed by atoms with E-state index in [1.165, 1.54) is 16.7 Å². The minimum Gasteiger partial charge on any atom is -0.299 e. The van der Waals surface area contributed by atoms with Crippen molar-refractivity contribution in [2.75, 3.05) is 0 Å². The predicted molar refractivity (Wildman–Crippen MR) is 66.9 cm³/mol. The van der Waals surface area contributed by atoms with Crippen LogP contribution >= 0.6 is 0 Å². The van der Waals surface area contributed by atoms with Crippen molar-refractivity contribution in [3.63, 3.8) is 0 Å². The van der Waals surface area contributed by atoms with Crippen molar-refractivity contribution in [3.05, 3.63) is 34.9 Å². The minimum absolute atomic E-state index is 0.395. The molecule has 0 heterocycles. The molecule has 1 aromatic rings. The van der Waals surface area contributed by atoms with Crippen LogP contribution in [-0.2, 0) is 11.2 Å². The van der Waals surface area contributed by atoms with Gasteiger partial charge in [0.25, 0.3) is 0 Å². The highest BCUT2D eigenvalue weighted by molar-refractivity contribution is 5.82. The molecule has 1 aromatic carbocycles. The Bertz CT molecular complexity index is 404. The summed E-state index contributed by atoms with van der Waals surface area (Å²) in [4.78, 5) is 11.7. The molecule has 0 bridgehead atoms. The Hall–Kier alpha value is -1.11. The zero-order valence-corrected chi connectivity index (χ0v) is 10.4. The Morgan fingerprint density at radius 1 is 1.31 bits per heavy atom. The third-order valence-electron chi connectivity index (χ3n) is 3.61. The Kier molecular flexibility index (Phi) is 3.13. The molecule has 1 atom stereocenters. The number of rotatable bonds is 1. The van der Waals surface area contributed by atoms with E-state index in [1.807, 2.05) is 0 Å². The van der Waals surface area contributed by atoms with Crippen molar-refractivity contribution in [3.8, 4) is 0 Å². The van der Waals surface area contributed by atoms with Gasteiger partial charge in [0.15, 0.2) is 0 Å². The number of carbonyl (C=O) groups is 1. The molecule has 0 spiro atoms. The van der Waals surface area contributed by atoms with Crippen LogP contribution in [0.5, 0.6) is 0 Å². The van der Waals surface area contributed by atoms with Crippen molar-refractivity contribution in [1.82, 2.24) is 0 Å². The van der Waals surface area contributed by atoms with E-state index in [0.29, 0.717) is 24.0 Å². The van der Waals surface area contributed by atoms with Gasteiger partial charge in [-0.05, 0) is 34.9 Å². The van der Waals surface area contributed by atoms with E-state index in [-0.39, 0.29) is 0 Å². The summed E-state index contributed by atoms with van der Waals surface area (Å²) in [6, 6.07) is 6.68. The number of Topliss-reactive ketones (excluding diaryl/α,β-unsaturated/α-hetero) is 1. The Morgan fingerprint density at radius 3 is 2.75 bits per heavy atom. The van der Waals surface area contributed by atoms with Crippen molar-refractivity contribution in [2.45, 2.75) is 51.9 Å². The van der Waals surface area contributed by atoms with Gasteiger partial charge in [0.2, 0.25) is 0 Å². The summed E-state index contributed by atoms with van der Waals surface area (Å²) in [6.45, 7) is 6.62. The van der Waals surface area contributed by atoms with Gasteiger partial charge in [0.05, 0.1) is 0 Å². The van der Waals surface area contributed by atoms with Crippen LogP contribution in [0, 0.1) is 0 Å². The van der Waals surface area contributed by atoms with Crippen LogP contribution in [0.2, 0.25) is 0 Å². The number of hydrogen-bond donors (Lipinski definition) is 0. The quantitative estimate of drug-likeness (QED) is 0.652. The van der Waals surface area contributed by atoms with E-state index in [0.717, 1.165) is 12.8 Å². The molecule has 0 fully saturated rings. The van der Waals surface area contributed by atoms with Gasteiger partial charge < -0.3 is 0 Å². The van der Waals surface area contributed by atoms with Gasteiger partial charge in [0.1, 0.15) is 5.78 Å². The van der Waals surface area contributed by atoms with Crippen LogP contribution in [0.1, 0.15) is 62.1 Å². The fourth-order valence-corrected chi connectivity index (χ4v) is 2.45. The van der Waals surface area contributed by atoms with Gasteiger partial charge in [-0.25, -0.2) is 0 Å².